The van der Waals surface area contributed by atoms with Gasteiger partial charge in [-0.2, -0.15) is 0 Å². The summed E-state index contributed by atoms with van der Waals surface area (Å²) in [7, 11) is 0. The molecule has 0 aromatic rings. The molecule has 0 amide bonds. The summed E-state index contributed by atoms with van der Waals surface area (Å²) in [6.07, 6.45) is 7.53. The van der Waals surface area contributed by atoms with Gasteiger partial charge in [0.2, 0.25) is 0 Å². The smallest absolute Gasteiger partial charge is 0.0584 e. The van der Waals surface area contributed by atoms with E-state index in [1.54, 1.807) is 6.08 Å². The van der Waals surface area contributed by atoms with E-state index in [1.165, 1.54) is 0 Å². The zero-order valence-electron chi connectivity index (χ0n) is 8.67. The Morgan fingerprint density at radius 3 is 2.31 bits per heavy atom. The van der Waals surface area contributed by atoms with E-state index in [-0.39, 0.29) is 0 Å². The number of hydrogen-bond acceptors (Lipinski definition) is 1. The van der Waals surface area contributed by atoms with Crippen molar-refractivity contribution < 1.29 is 0 Å². The van der Waals surface area contributed by atoms with Gasteiger partial charge < -0.3 is 0 Å². The van der Waals surface area contributed by atoms with E-state index in [1.807, 2.05) is 39.0 Å². The molecular weight excluding hydrogens is 158 g/mol. The van der Waals surface area contributed by atoms with E-state index in [0.717, 1.165) is 17.0 Å². The Kier molecular flexibility index (Phi) is 5.53. The molecule has 0 atom stereocenters. The molecule has 0 saturated heterocycles. The molecule has 13 heavy (non-hydrogen) atoms. The summed E-state index contributed by atoms with van der Waals surface area (Å²) in [5, 5.41) is 0. The minimum Gasteiger partial charge on any atom is -0.254 e. The minimum absolute atomic E-state index is 0.878. The van der Waals surface area contributed by atoms with Crippen molar-refractivity contribution in [2.45, 2.75) is 20.8 Å². The summed E-state index contributed by atoms with van der Waals surface area (Å²) in [6.45, 7) is 13.4. The molecule has 0 aliphatic rings. The van der Waals surface area contributed by atoms with Gasteiger partial charge in [0.05, 0.1) is 5.70 Å². The van der Waals surface area contributed by atoms with Crippen LogP contribution in [0.2, 0.25) is 0 Å². The van der Waals surface area contributed by atoms with E-state index >= 15 is 0 Å². The quantitative estimate of drug-likeness (QED) is 0.456. The molecule has 0 N–H and O–H groups in total. The van der Waals surface area contributed by atoms with Gasteiger partial charge >= 0.3 is 0 Å². The van der Waals surface area contributed by atoms with Crippen LogP contribution in [0.4, 0.5) is 0 Å². The Labute approximate surface area is 80.9 Å². The Hall–Kier alpha value is -1.37. The summed E-state index contributed by atoms with van der Waals surface area (Å²) < 4.78 is 0. The fourth-order valence-electron chi connectivity index (χ4n) is 0.815. The molecule has 0 bridgehead atoms. The molecular formula is C12H17N. The Balaban J connectivity index is 4.66. The van der Waals surface area contributed by atoms with Gasteiger partial charge in [-0.1, -0.05) is 31.4 Å². The van der Waals surface area contributed by atoms with E-state index in [2.05, 4.69) is 18.2 Å². The van der Waals surface area contributed by atoms with Crippen LogP contribution in [0.25, 0.3) is 0 Å². The van der Waals surface area contributed by atoms with Gasteiger partial charge in [-0.3, -0.25) is 4.99 Å². The van der Waals surface area contributed by atoms with Crippen molar-refractivity contribution in [3.63, 3.8) is 0 Å². The second-order valence-corrected chi connectivity index (χ2v) is 2.64. The van der Waals surface area contributed by atoms with Crippen LogP contribution in [0.15, 0.2) is 53.7 Å². The fourth-order valence-corrected chi connectivity index (χ4v) is 0.815. The van der Waals surface area contributed by atoms with Crippen molar-refractivity contribution in [1.29, 1.82) is 0 Å². The molecule has 0 rings (SSSR count). The Bertz CT molecular complexity index is 277. The summed E-state index contributed by atoms with van der Waals surface area (Å²) in [5.74, 6) is 0. The topological polar surface area (TPSA) is 12.4 Å². The maximum atomic E-state index is 4.34. The number of aliphatic imine (C=N–C) groups is 1. The number of hydrogen-bond donors (Lipinski definition) is 0. The molecule has 0 heterocycles. The molecule has 0 spiro atoms. The molecule has 0 radical (unpaired) electrons. The number of rotatable bonds is 4. The summed E-state index contributed by atoms with van der Waals surface area (Å²) >= 11 is 0. The van der Waals surface area contributed by atoms with Crippen LogP contribution in [0.3, 0.4) is 0 Å². The zero-order valence-corrected chi connectivity index (χ0v) is 8.67. The summed E-state index contributed by atoms with van der Waals surface area (Å²) in [4.78, 5) is 4.34. The molecule has 0 aliphatic carbocycles. The van der Waals surface area contributed by atoms with Gasteiger partial charge in [-0.25, -0.2) is 0 Å². The van der Waals surface area contributed by atoms with Gasteiger partial charge in [0, 0.05) is 5.71 Å². The van der Waals surface area contributed by atoms with Crippen LogP contribution >= 0.6 is 0 Å². The summed E-state index contributed by atoms with van der Waals surface area (Å²) in [6, 6.07) is 0. The molecule has 0 saturated carbocycles. The molecule has 0 aromatic carbocycles. The molecule has 1 heteroatoms. The largest absolute Gasteiger partial charge is 0.254 e. The average molecular weight is 175 g/mol. The van der Waals surface area contributed by atoms with Crippen LogP contribution in [-0.2, 0) is 0 Å². The van der Waals surface area contributed by atoms with Crippen molar-refractivity contribution in [3.8, 4) is 0 Å². The maximum Gasteiger partial charge on any atom is 0.0584 e. The second kappa shape index (κ2) is 6.18. The van der Waals surface area contributed by atoms with Crippen molar-refractivity contribution in [2.75, 3.05) is 0 Å². The van der Waals surface area contributed by atoms with E-state index in [0.29, 0.717) is 0 Å². The fraction of sp³-hybridized carbons (Fsp3) is 0.250. The van der Waals surface area contributed by atoms with E-state index in [9.17, 15) is 0 Å². The van der Waals surface area contributed by atoms with E-state index in [4.69, 9.17) is 0 Å². The molecule has 0 unspecified atom stereocenters. The Morgan fingerprint density at radius 1 is 1.31 bits per heavy atom. The standard InChI is InChI=1S/C12H17N/c1-6-9-10(4)11(5)13-12(7-2)8-3/h6-9H,2,4H2,1,3,5H3/b9-6-,12-8-,13-11?. The Morgan fingerprint density at radius 2 is 1.92 bits per heavy atom. The highest BCUT2D eigenvalue weighted by atomic mass is 14.7. The lowest BCUT2D eigenvalue weighted by Crippen LogP contribution is -1.93. The number of allylic oxidation sites excluding steroid dienone is 5. The third-order valence-electron chi connectivity index (χ3n) is 1.63. The maximum absolute atomic E-state index is 4.34. The highest BCUT2D eigenvalue weighted by Gasteiger charge is 1.93. The first-order valence-corrected chi connectivity index (χ1v) is 4.31. The van der Waals surface area contributed by atoms with E-state index < -0.39 is 0 Å². The molecule has 0 fully saturated rings. The van der Waals surface area contributed by atoms with Gasteiger partial charge in [-0.05, 0) is 32.4 Å². The first-order valence-electron chi connectivity index (χ1n) is 4.31. The molecule has 0 aliphatic heterocycles. The molecule has 0 aromatic heterocycles. The lowest BCUT2D eigenvalue weighted by Gasteiger charge is -1.99. The highest BCUT2D eigenvalue weighted by Crippen LogP contribution is 2.04. The van der Waals surface area contributed by atoms with Crippen LogP contribution in [-0.4, -0.2) is 5.71 Å². The van der Waals surface area contributed by atoms with Crippen LogP contribution in [0, 0.1) is 0 Å². The molecule has 1 nitrogen and oxygen atoms in total. The van der Waals surface area contributed by atoms with Gasteiger partial charge in [0.1, 0.15) is 0 Å². The van der Waals surface area contributed by atoms with Gasteiger partial charge in [0.25, 0.3) is 0 Å². The third-order valence-corrected chi connectivity index (χ3v) is 1.63. The van der Waals surface area contributed by atoms with Gasteiger partial charge in [-0.15, -0.1) is 0 Å². The van der Waals surface area contributed by atoms with Crippen molar-refractivity contribution >= 4 is 5.71 Å². The van der Waals surface area contributed by atoms with Crippen molar-refractivity contribution in [2.24, 2.45) is 4.99 Å². The SMILES string of the molecule is C=C/C(=C/C)N=C(C)C(=C)/C=C\C. The molecule has 70 valence electrons. The van der Waals surface area contributed by atoms with Crippen LogP contribution < -0.4 is 0 Å². The van der Waals surface area contributed by atoms with Crippen molar-refractivity contribution in [3.05, 3.63) is 48.7 Å². The predicted molar refractivity (Wildman–Crippen MR) is 61.0 cm³/mol. The lowest BCUT2D eigenvalue weighted by molar-refractivity contribution is 1.37. The first-order chi connectivity index (χ1) is 6.15. The average Bonchev–Trinajstić information content (AvgIpc) is 2.14. The van der Waals surface area contributed by atoms with Crippen LogP contribution in [0.1, 0.15) is 20.8 Å². The minimum atomic E-state index is 0.878. The highest BCUT2D eigenvalue weighted by molar-refractivity contribution is 6.00. The summed E-state index contributed by atoms with van der Waals surface area (Å²) in [5.41, 5.74) is 2.73. The monoisotopic (exact) mass is 175 g/mol. The van der Waals surface area contributed by atoms with Crippen LogP contribution in [0.5, 0.6) is 0 Å². The second-order valence-electron chi connectivity index (χ2n) is 2.64. The van der Waals surface area contributed by atoms with Crippen molar-refractivity contribution in [1.82, 2.24) is 0 Å². The first kappa shape index (κ1) is 11.6. The zero-order chi connectivity index (χ0) is 10.3. The normalized spacial score (nSPS) is 13.5. The third kappa shape index (κ3) is 4.26. The van der Waals surface area contributed by atoms with Gasteiger partial charge in [0.15, 0.2) is 0 Å². The lowest BCUT2D eigenvalue weighted by atomic mass is 10.2. The number of nitrogens with zero attached hydrogens (tertiary/aromatic N) is 1. The predicted octanol–water partition coefficient (Wildman–Crippen LogP) is 3.67.